The summed E-state index contributed by atoms with van der Waals surface area (Å²) in [5.74, 6) is 0.657. The van der Waals surface area contributed by atoms with Gasteiger partial charge in [-0.05, 0) is 30.7 Å². The number of hydrogen-bond donors (Lipinski definition) is 0. The molecule has 0 unspecified atom stereocenters. The van der Waals surface area contributed by atoms with Crippen molar-refractivity contribution in [3.8, 4) is 5.75 Å². The molecule has 2 heterocycles. The Hall–Kier alpha value is -2.34. The minimum atomic E-state index is -0.156. The number of piperazine rings is 1. The van der Waals surface area contributed by atoms with Gasteiger partial charge in [0, 0.05) is 26.2 Å². The number of rotatable bonds is 3. The molecule has 0 radical (unpaired) electrons. The van der Waals surface area contributed by atoms with Gasteiger partial charge < -0.3 is 14.5 Å². The first kappa shape index (κ1) is 16.1. The number of halogens is 1. The maximum Gasteiger partial charge on any atom is 0.186 e. The molecule has 2 aromatic carbocycles. The number of nitrogens with zero attached hydrogens (tertiary/aromatic N) is 3. The van der Waals surface area contributed by atoms with E-state index in [1.165, 1.54) is 16.3 Å². The van der Waals surface area contributed by atoms with Crippen molar-refractivity contribution in [3.05, 3.63) is 47.8 Å². The minimum absolute atomic E-state index is 0.156. The van der Waals surface area contributed by atoms with Crippen molar-refractivity contribution in [3.63, 3.8) is 0 Å². The number of aryl methyl sites for hydroxylation is 1. The second-order valence-corrected chi connectivity index (χ2v) is 7.16. The van der Waals surface area contributed by atoms with Crippen molar-refractivity contribution in [2.45, 2.75) is 6.92 Å². The summed E-state index contributed by atoms with van der Waals surface area (Å²) in [5, 5.41) is 1.01. The number of ether oxygens (including phenoxy) is 1. The molecule has 4 nitrogen and oxygen atoms in total. The van der Waals surface area contributed by atoms with Crippen LogP contribution in [0, 0.1) is 12.7 Å². The maximum absolute atomic E-state index is 14.0. The van der Waals surface area contributed by atoms with Crippen LogP contribution in [0.4, 0.5) is 15.2 Å². The number of aromatic nitrogens is 1. The van der Waals surface area contributed by atoms with E-state index in [2.05, 4.69) is 22.8 Å². The first-order valence-corrected chi connectivity index (χ1v) is 9.17. The molecule has 1 fully saturated rings. The lowest BCUT2D eigenvalue weighted by Gasteiger charge is -2.36. The Labute approximate surface area is 150 Å². The third-order valence-electron chi connectivity index (χ3n) is 4.66. The van der Waals surface area contributed by atoms with E-state index in [0.717, 1.165) is 42.6 Å². The molecule has 25 heavy (non-hydrogen) atoms. The van der Waals surface area contributed by atoms with Crippen LogP contribution in [0.25, 0.3) is 10.2 Å². The van der Waals surface area contributed by atoms with Gasteiger partial charge >= 0.3 is 0 Å². The summed E-state index contributed by atoms with van der Waals surface area (Å²) in [6, 6.07) is 11.0. The topological polar surface area (TPSA) is 28.6 Å². The average molecular weight is 357 g/mol. The molecule has 1 aromatic heterocycles. The second-order valence-electron chi connectivity index (χ2n) is 6.18. The highest BCUT2D eigenvalue weighted by atomic mass is 32.1. The molecule has 0 N–H and O–H groups in total. The lowest BCUT2D eigenvalue weighted by atomic mass is 10.2. The minimum Gasteiger partial charge on any atom is -0.494 e. The molecule has 0 saturated carbocycles. The Morgan fingerprint density at radius 1 is 1.04 bits per heavy atom. The quantitative estimate of drug-likeness (QED) is 0.706. The van der Waals surface area contributed by atoms with Gasteiger partial charge in [0.05, 0.1) is 17.5 Å². The van der Waals surface area contributed by atoms with Crippen LogP contribution in [0.1, 0.15) is 5.56 Å². The number of hydrogen-bond acceptors (Lipinski definition) is 5. The molecule has 0 spiro atoms. The molecule has 0 amide bonds. The third-order valence-corrected chi connectivity index (χ3v) is 5.91. The van der Waals surface area contributed by atoms with E-state index in [-0.39, 0.29) is 5.82 Å². The highest BCUT2D eigenvalue weighted by Crippen LogP contribution is 2.36. The number of anilines is 2. The van der Waals surface area contributed by atoms with Crippen molar-refractivity contribution in [2.24, 2.45) is 0 Å². The van der Waals surface area contributed by atoms with Gasteiger partial charge in [0.25, 0.3) is 0 Å². The maximum atomic E-state index is 14.0. The largest absolute Gasteiger partial charge is 0.494 e. The Kier molecular flexibility index (Phi) is 4.21. The van der Waals surface area contributed by atoms with Gasteiger partial charge in [-0.1, -0.05) is 29.5 Å². The first-order valence-electron chi connectivity index (χ1n) is 8.36. The molecule has 0 bridgehead atoms. The van der Waals surface area contributed by atoms with Gasteiger partial charge in [0.15, 0.2) is 5.13 Å². The molecule has 3 aromatic rings. The smallest absolute Gasteiger partial charge is 0.186 e. The van der Waals surface area contributed by atoms with Crippen LogP contribution in [-0.2, 0) is 0 Å². The summed E-state index contributed by atoms with van der Waals surface area (Å²) in [5.41, 5.74) is 2.83. The Morgan fingerprint density at radius 3 is 2.48 bits per heavy atom. The third kappa shape index (κ3) is 2.91. The van der Waals surface area contributed by atoms with Gasteiger partial charge in [0.2, 0.25) is 0 Å². The van der Waals surface area contributed by atoms with Crippen LogP contribution >= 0.6 is 11.3 Å². The molecule has 130 valence electrons. The van der Waals surface area contributed by atoms with E-state index in [1.54, 1.807) is 24.5 Å². The predicted octanol–water partition coefficient (Wildman–Crippen LogP) is 4.08. The number of methoxy groups -OCH3 is 1. The number of thiazole rings is 1. The molecule has 4 rings (SSSR count). The van der Waals surface area contributed by atoms with E-state index < -0.39 is 0 Å². The summed E-state index contributed by atoms with van der Waals surface area (Å²) in [7, 11) is 1.68. The normalized spacial score (nSPS) is 15.0. The van der Waals surface area contributed by atoms with E-state index in [0.29, 0.717) is 5.69 Å². The van der Waals surface area contributed by atoms with E-state index in [1.807, 2.05) is 18.2 Å². The van der Waals surface area contributed by atoms with Gasteiger partial charge in [0.1, 0.15) is 17.1 Å². The average Bonchev–Trinajstić information content (AvgIpc) is 3.09. The summed E-state index contributed by atoms with van der Waals surface area (Å²) in [6.45, 7) is 5.32. The molecule has 0 aliphatic carbocycles. The van der Waals surface area contributed by atoms with Gasteiger partial charge in [-0.2, -0.15) is 0 Å². The fourth-order valence-corrected chi connectivity index (χ4v) is 4.35. The molecule has 1 aliphatic heterocycles. The van der Waals surface area contributed by atoms with E-state index in [4.69, 9.17) is 9.72 Å². The molecular weight excluding hydrogens is 337 g/mol. The highest BCUT2D eigenvalue weighted by molar-refractivity contribution is 7.22. The summed E-state index contributed by atoms with van der Waals surface area (Å²) < 4.78 is 20.6. The van der Waals surface area contributed by atoms with Crippen LogP contribution in [0.3, 0.4) is 0 Å². The van der Waals surface area contributed by atoms with Crippen LogP contribution in [0.15, 0.2) is 36.4 Å². The predicted molar refractivity (Wildman–Crippen MR) is 102 cm³/mol. The molecular formula is C19H20FN3OS. The zero-order valence-electron chi connectivity index (χ0n) is 14.3. The van der Waals surface area contributed by atoms with Gasteiger partial charge in [-0.25, -0.2) is 9.37 Å². The van der Waals surface area contributed by atoms with Crippen LogP contribution in [0.2, 0.25) is 0 Å². The van der Waals surface area contributed by atoms with Gasteiger partial charge in [-0.3, -0.25) is 0 Å². The fraction of sp³-hybridized carbons (Fsp3) is 0.316. The zero-order chi connectivity index (χ0) is 17.4. The second kappa shape index (κ2) is 6.52. The molecule has 0 atom stereocenters. The van der Waals surface area contributed by atoms with Crippen LogP contribution < -0.4 is 14.5 Å². The zero-order valence-corrected chi connectivity index (χ0v) is 15.1. The summed E-state index contributed by atoms with van der Waals surface area (Å²) >= 11 is 1.70. The Bertz CT molecular complexity index is 903. The van der Waals surface area contributed by atoms with Crippen molar-refractivity contribution in [2.75, 3.05) is 43.1 Å². The first-order chi connectivity index (χ1) is 12.2. The SMILES string of the molecule is COc1ccc(C)c2sc(N3CCN(c4ccccc4F)CC3)nc12. The van der Waals surface area contributed by atoms with E-state index in [9.17, 15) is 4.39 Å². The van der Waals surface area contributed by atoms with Crippen molar-refractivity contribution < 1.29 is 9.13 Å². The number of para-hydroxylation sites is 1. The van der Waals surface area contributed by atoms with Crippen LogP contribution in [-0.4, -0.2) is 38.3 Å². The molecule has 1 saturated heterocycles. The lowest BCUT2D eigenvalue weighted by Crippen LogP contribution is -2.46. The molecule has 1 aliphatic rings. The standard InChI is InChI=1S/C19H20FN3OS/c1-13-7-8-16(24-2)17-18(13)25-19(21-17)23-11-9-22(10-12-23)15-6-4-3-5-14(15)20/h3-8H,9-12H2,1-2H3. The van der Waals surface area contributed by atoms with Crippen LogP contribution in [0.5, 0.6) is 5.75 Å². The van der Waals surface area contributed by atoms with Crippen molar-refractivity contribution in [1.82, 2.24) is 4.98 Å². The Balaban J connectivity index is 1.56. The summed E-state index contributed by atoms with van der Waals surface area (Å²) in [6.07, 6.45) is 0. The van der Waals surface area contributed by atoms with Gasteiger partial charge in [-0.15, -0.1) is 0 Å². The van der Waals surface area contributed by atoms with E-state index >= 15 is 0 Å². The number of fused-ring (bicyclic) bond motifs is 1. The van der Waals surface area contributed by atoms with Crippen molar-refractivity contribution >= 4 is 32.4 Å². The summed E-state index contributed by atoms with van der Waals surface area (Å²) in [4.78, 5) is 9.19. The molecule has 6 heteroatoms. The van der Waals surface area contributed by atoms with Crippen molar-refractivity contribution in [1.29, 1.82) is 0 Å². The number of benzene rings is 2. The Morgan fingerprint density at radius 2 is 1.76 bits per heavy atom. The lowest BCUT2D eigenvalue weighted by molar-refractivity contribution is 0.419. The fourth-order valence-electron chi connectivity index (χ4n) is 3.25. The highest BCUT2D eigenvalue weighted by Gasteiger charge is 2.22. The monoisotopic (exact) mass is 357 g/mol.